The summed E-state index contributed by atoms with van der Waals surface area (Å²) in [5.74, 6) is 0.679. The Balaban J connectivity index is 1.98. The predicted octanol–water partition coefficient (Wildman–Crippen LogP) is 2.79. The van der Waals surface area contributed by atoms with Crippen molar-refractivity contribution in [3.8, 4) is 0 Å². The van der Waals surface area contributed by atoms with Gasteiger partial charge in [-0.1, -0.05) is 32.9 Å². The fourth-order valence-corrected chi connectivity index (χ4v) is 2.74. The molecular weight excluding hydrogens is 248 g/mol. The minimum absolute atomic E-state index is 0.103. The summed E-state index contributed by atoms with van der Waals surface area (Å²) in [4.78, 5) is 14.2. The summed E-state index contributed by atoms with van der Waals surface area (Å²) in [5, 5.41) is 0. The SMILES string of the molecule is CN(CC1CC(N)C1)C(=O)c1ccc(C(C)(C)C)cc1. The summed E-state index contributed by atoms with van der Waals surface area (Å²) < 4.78 is 0. The van der Waals surface area contributed by atoms with Gasteiger partial charge in [-0.2, -0.15) is 0 Å². The van der Waals surface area contributed by atoms with Crippen molar-refractivity contribution >= 4 is 5.91 Å². The third kappa shape index (κ3) is 3.40. The van der Waals surface area contributed by atoms with Crippen molar-refractivity contribution in [2.24, 2.45) is 11.7 Å². The normalized spacial score (nSPS) is 22.2. The molecule has 110 valence electrons. The van der Waals surface area contributed by atoms with E-state index >= 15 is 0 Å². The number of hydrogen-bond donors (Lipinski definition) is 1. The highest BCUT2D eigenvalue weighted by atomic mass is 16.2. The van der Waals surface area contributed by atoms with Gasteiger partial charge in [-0.15, -0.1) is 0 Å². The number of rotatable bonds is 3. The maximum absolute atomic E-state index is 12.4. The lowest BCUT2D eigenvalue weighted by Crippen LogP contribution is -2.43. The third-order valence-corrected chi connectivity index (χ3v) is 4.15. The van der Waals surface area contributed by atoms with Crippen LogP contribution in [0.4, 0.5) is 0 Å². The van der Waals surface area contributed by atoms with E-state index in [1.165, 1.54) is 5.56 Å². The largest absolute Gasteiger partial charge is 0.341 e. The van der Waals surface area contributed by atoms with E-state index in [0.29, 0.717) is 12.0 Å². The number of hydrogen-bond acceptors (Lipinski definition) is 2. The van der Waals surface area contributed by atoms with Gasteiger partial charge in [0.1, 0.15) is 0 Å². The first-order valence-electron chi connectivity index (χ1n) is 7.39. The second-order valence-electron chi connectivity index (χ2n) is 7.11. The molecule has 1 amide bonds. The van der Waals surface area contributed by atoms with Gasteiger partial charge in [0.15, 0.2) is 0 Å². The van der Waals surface area contributed by atoms with Gasteiger partial charge in [0, 0.05) is 25.2 Å². The van der Waals surface area contributed by atoms with E-state index < -0.39 is 0 Å². The van der Waals surface area contributed by atoms with Crippen LogP contribution in [0.15, 0.2) is 24.3 Å². The minimum Gasteiger partial charge on any atom is -0.341 e. The molecular formula is C17H26N2O. The first kappa shape index (κ1) is 15.0. The van der Waals surface area contributed by atoms with Crippen molar-refractivity contribution in [2.75, 3.05) is 13.6 Å². The zero-order chi connectivity index (χ0) is 14.9. The van der Waals surface area contributed by atoms with Gasteiger partial charge in [0.2, 0.25) is 0 Å². The van der Waals surface area contributed by atoms with E-state index in [-0.39, 0.29) is 11.3 Å². The Bertz CT molecular complexity index is 467. The highest BCUT2D eigenvalue weighted by Crippen LogP contribution is 2.27. The van der Waals surface area contributed by atoms with Gasteiger partial charge in [-0.05, 0) is 41.9 Å². The smallest absolute Gasteiger partial charge is 0.253 e. The second kappa shape index (κ2) is 5.57. The summed E-state index contributed by atoms with van der Waals surface area (Å²) in [6, 6.07) is 8.33. The molecule has 1 fully saturated rings. The van der Waals surface area contributed by atoms with E-state index in [2.05, 4.69) is 32.9 Å². The lowest BCUT2D eigenvalue weighted by molar-refractivity contribution is 0.0734. The van der Waals surface area contributed by atoms with E-state index in [4.69, 9.17) is 5.73 Å². The third-order valence-electron chi connectivity index (χ3n) is 4.15. The molecule has 1 aliphatic rings. The highest BCUT2D eigenvalue weighted by molar-refractivity contribution is 5.94. The molecule has 3 nitrogen and oxygen atoms in total. The van der Waals surface area contributed by atoms with Gasteiger partial charge in [0.05, 0.1) is 0 Å². The van der Waals surface area contributed by atoms with Gasteiger partial charge < -0.3 is 10.6 Å². The number of nitrogens with two attached hydrogens (primary N) is 1. The maximum Gasteiger partial charge on any atom is 0.253 e. The molecule has 0 unspecified atom stereocenters. The molecule has 0 saturated heterocycles. The zero-order valence-corrected chi connectivity index (χ0v) is 13.0. The van der Waals surface area contributed by atoms with Crippen molar-refractivity contribution in [2.45, 2.75) is 45.1 Å². The molecule has 0 aromatic heterocycles. The molecule has 1 aliphatic carbocycles. The number of benzene rings is 1. The Labute approximate surface area is 122 Å². The lowest BCUT2D eigenvalue weighted by atomic mass is 9.80. The molecule has 1 aromatic carbocycles. The van der Waals surface area contributed by atoms with E-state index in [1.807, 2.05) is 24.1 Å². The molecule has 3 heteroatoms. The molecule has 1 saturated carbocycles. The molecule has 0 bridgehead atoms. The van der Waals surface area contributed by atoms with E-state index in [1.54, 1.807) is 0 Å². The number of amides is 1. The fourth-order valence-electron chi connectivity index (χ4n) is 2.74. The lowest BCUT2D eigenvalue weighted by Gasteiger charge is -2.35. The molecule has 0 atom stereocenters. The number of carbonyl (C=O) groups is 1. The Hall–Kier alpha value is -1.35. The number of carbonyl (C=O) groups excluding carboxylic acids is 1. The van der Waals surface area contributed by atoms with Gasteiger partial charge in [-0.25, -0.2) is 0 Å². The van der Waals surface area contributed by atoms with Crippen molar-refractivity contribution < 1.29 is 4.79 Å². The molecule has 0 aliphatic heterocycles. The van der Waals surface area contributed by atoms with Crippen molar-refractivity contribution in [3.63, 3.8) is 0 Å². The molecule has 20 heavy (non-hydrogen) atoms. The second-order valence-corrected chi connectivity index (χ2v) is 7.11. The van der Waals surface area contributed by atoms with Crippen LogP contribution in [0.2, 0.25) is 0 Å². The summed E-state index contributed by atoms with van der Waals surface area (Å²) in [7, 11) is 1.88. The monoisotopic (exact) mass is 274 g/mol. The van der Waals surface area contributed by atoms with E-state index in [0.717, 1.165) is 24.9 Å². The maximum atomic E-state index is 12.4. The average molecular weight is 274 g/mol. The molecule has 1 aromatic rings. The Morgan fingerprint density at radius 3 is 2.25 bits per heavy atom. The van der Waals surface area contributed by atoms with Gasteiger partial charge in [-0.3, -0.25) is 4.79 Å². The fraction of sp³-hybridized carbons (Fsp3) is 0.588. The average Bonchev–Trinajstić information content (AvgIpc) is 2.35. The van der Waals surface area contributed by atoms with Crippen LogP contribution in [0.1, 0.15) is 49.5 Å². The first-order valence-corrected chi connectivity index (χ1v) is 7.39. The summed E-state index contributed by atoms with van der Waals surface area (Å²) in [5.41, 5.74) is 7.93. The first-order chi connectivity index (χ1) is 9.27. The summed E-state index contributed by atoms with van der Waals surface area (Å²) in [6.07, 6.45) is 2.08. The molecule has 0 heterocycles. The summed E-state index contributed by atoms with van der Waals surface area (Å²) in [6.45, 7) is 7.34. The zero-order valence-electron chi connectivity index (χ0n) is 13.0. The van der Waals surface area contributed by atoms with Crippen LogP contribution < -0.4 is 5.73 Å². The van der Waals surface area contributed by atoms with Gasteiger partial charge >= 0.3 is 0 Å². The standard InChI is InChI=1S/C17H26N2O/c1-17(2,3)14-7-5-13(6-8-14)16(20)19(4)11-12-9-15(18)10-12/h5-8,12,15H,9-11,18H2,1-4H3. The van der Waals surface area contributed by atoms with Crippen LogP contribution in [0.5, 0.6) is 0 Å². The molecule has 2 rings (SSSR count). The highest BCUT2D eigenvalue weighted by Gasteiger charge is 2.28. The molecule has 0 spiro atoms. The van der Waals surface area contributed by atoms with Crippen molar-refractivity contribution in [1.29, 1.82) is 0 Å². The number of nitrogens with zero attached hydrogens (tertiary/aromatic N) is 1. The quantitative estimate of drug-likeness (QED) is 0.921. The van der Waals surface area contributed by atoms with Crippen LogP contribution in [0.3, 0.4) is 0 Å². The topological polar surface area (TPSA) is 46.3 Å². The van der Waals surface area contributed by atoms with Gasteiger partial charge in [0.25, 0.3) is 5.91 Å². The Morgan fingerprint density at radius 2 is 1.80 bits per heavy atom. The minimum atomic E-state index is 0.103. The van der Waals surface area contributed by atoms with Crippen LogP contribution in [0.25, 0.3) is 0 Å². The Kier molecular flexibility index (Phi) is 4.19. The van der Waals surface area contributed by atoms with E-state index in [9.17, 15) is 4.79 Å². The van der Waals surface area contributed by atoms with Crippen LogP contribution in [-0.2, 0) is 5.41 Å². The Morgan fingerprint density at radius 1 is 1.25 bits per heavy atom. The van der Waals surface area contributed by atoms with Crippen molar-refractivity contribution in [1.82, 2.24) is 4.90 Å². The summed E-state index contributed by atoms with van der Waals surface area (Å²) >= 11 is 0. The molecule has 0 radical (unpaired) electrons. The van der Waals surface area contributed by atoms with Crippen LogP contribution >= 0.6 is 0 Å². The van der Waals surface area contributed by atoms with Crippen LogP contribution in [0, 0.1) is 5.92 Å². The predicted molar refractivity (Wildman–Crippen MR) is 82.8 cm³/mol. The van der Waals surface area contributed by atoms with Crippen LogP contribution in [-0.4, -0.2) is 30.4 Å². The van der Waals surface area contributed by atoms with Crippen molar-refractivity contribution in [3.05, 3.63) is 35.4 Å². The molecule has 2 N–H and O–H groups in total.